The lowest BCUT2D eigenvalue weighted by Crippen LogP contribution is -2.37. The number of carbonyl (C=O) groups is 2. The highest BCUT2D eigenvalue weighted by molar-refractivity contribution is 6.32. The average molecular weight is 484 g/mol. The zero-order valence-corrected chi connectivity index (χ0v) is 20.0. The van der Waals surface area contributed by atoms with Crippen molar-refractivity contribution < 1.29 is 28.9 Å². The summed E-state index contributed by atoms with van der Waals surface area (Å²) >= 11 is 6.27. The Morgan fingerprint density at radius 1 is 1.15 bits per heavy atom. The first-order valence-corrected chi connectivity index (χ1v) is 11.4. The number of aromatic hydroxyl groups is 1. The van der Waals surface area contributed by atoms with Crippen molar-refractivity contribution in [2.24, 2.45) is 10.9 Å². The molecule has 178 valence electrons. The van der Waals surface area contributed by atoms with Gasteiger partial charge in [0.2, 0.25) is 0 Å². The van der Waals surface area contributed by atoms with Gasteiger partial charge < -0.3 is 19.3 Å². The minimum absolute atomic E-state index is 0.0429. The maximum atomic E-state index is 13.4. The third-order valence-electron chi connectivity index (χ3n) is 6.26. The summed E-state index contributed by atoms with van der Waals surface area (Å²) in [6.45, 7) is 1.84. The molecule has 0 fully saturated rings. The number of aliphatic imine (C=N–C) groups is 1. The minimum Gasteiger partial charge on any atom is -0.503 e. The first-order valence-electron chi connectivity index (χ1n) is 11.0. The van der Waals surface area contributed by atoms with Gasteiger partial charge in [-0.1, -0.05) is 23.7 Å². The van der Waals surface area contributed by atoms with Gasteiger partial charge in [0.15, 0.2) is 17.3 Å². The van der Waals surface area contributed by atoms with E-state index in [0.717, 1.165) is 5.56 Å². The maximum absolute atomic E-state index is 13.4. The SMILES string of the molecule is COc1ccc(COC(=O)C2C(C)=NC3=C(C(=O)CCC3)[C@H]2c2cc(Cl)c(O)c(OC)c2)cc1. The number of carbonyl (C=O) groups excluding carboxylic acids is 2. The molecule has 2 aromatic carbocycles. The molecule has 7 nitrogen and oxygen atoms in total. The second kappa shape index (κ2) is 9.89. The van der Waals surface area contributed by atoms with Gasteiger partial charge in [0.1, 0.15) is 18.3 Å². The van der Waals surface area contributed by atoms with E-state index in [1.165, 1.54) is 7.11 Å². The van der Waals surface area contributed by atoms with Crippen molar-refractivity contribution in [3.05, 3.63) is 63.8 Å². The van der Waals surface area contributed by atoms with E-state index >= 15 is 0 Å². The number of halogens is 1. The fourth-order valence-electron chi connectivity index (χ4n) is 4.57. The van der Waals surface area contributed by atoms with Gasteiger partial charge >= 0.3 is 5.97 Å². The second-order valence-corrected chi connectivity index (χ2v) is 8.76. The van der Waals surface area contributed by atoms with Crippen molar-refractivity contribution >= 4 is 29.1 Å². The molecule has 0 aromatic heterocycles. The van der Waals surface area contributed by atoms with E-state index in [1.807, 2.05) is 12.1 Å². The summed E-state index contributed by atoms with van der Waals surface area (Å²) in [5.41, 5.74) is 3.16. The summed E-state index contributed by atoms with van der Waals surface area (Å²) in [5, 5.41) is 10.3. The summed E-state index contributed by atoms with van der Waals surface area (Å²) in [4.78, 5) is 31.1. The number of allylic oxidation sites excluding steroid dienone is 2. The fraction of sp³-hybridized carbons (Fsp3) is 0.346. The van der Waals surface area contributed by atoms with Crippen LogP contribution in [0.15, 0.2) is 52.7 Å². The van der Waals surface area contributed by atoms with E-state index in [4.69, 9.17) is 25.8 Å². The van der Waals surface area contributed by atoms with Gasteiger partial charge in [-0.25, -0.2) is 0 Å². The lowest BCUT2D eigenvalue weighted by atomic mass is 9.71. The van der Waals surface area contributed by atoms with Crippen molar-refractivity contribution in [3.63, 3.8) is 0 Å². The molecular formula is C26H26ClNO6. The van der Waals surface area contributed by atoms with Gasteiger partial charge in [0.25, 0.3) is 0 Å². The van der Waals surface area contributed by atoms with Crippen LogP contribution in [0.25, 0.3) is 0 Å². The fourth-order valence-corrected chi connectivity index (χ4v) is 4.79. The van der Waals surface area contributed by atoms with Gasteiger partial charge in [-0.05, 0) is 55.2 Å². The Labute approximate surface area is 203 Å². The van der Waals surface area contributed by atoms with Crippen LogP contribution in [0.2, 0.25) is 5.02 Å². The highest BCUT2D eigenvalue weighted by Crippen LogP contribution is 2.47. The second-order valence-electron chi connectivity index (χ2n) is 8.36. The standard InChI is InChI=1S/C26H26ClNO6/c1-14-22(26(31)34-13-15-7-9-17(32-2)10-8-15)23(24-19(28-14)5-4-6-20(24)29)16-11-18(27)25(30)21(12-16)33-3/h7-12,22-23,30H,4-6,13H2,1-3H3/t22?,23-/m0/s1. The van der Waals surface area contributed by atoms with Crippen molar-refractivity contribution in [2.75, 3.05) is 14.2 Å². The van der Waals surface area contributed by atoms with Crippen LogP contribution in [0.4, 0.5) is 0 Å². The number of nitrogens with zero attached hydrogens (tertiary/aromatic N) is 1. The Balaban J connectivity index is 1.71. The number of phenolic OH excluding ortho intramolecular Hbond substituents is 1. The molecule has 1 N–H and O–H groups in total. The largest absolute Gasteiger partial charge is 0.503 e. The van der Waals surface area contributed by atoms with Crippen molar-refractivity contribution in [1.82, 2.24) is 0 Å². The number of Topliss-reactive ketones (excluding diaryl/α,β-unsaturated/α-hetero) is 1. The molecule has 0 amide bonds. The quantitative estimate of drug-likeness (QED) is 0.582. The molecule has 2 atom stereocenters. The van der Waals surface area contributed by atoms with E-state index in [2.05, 4.69) is 4.99 Å². The molecule has 8 heteroatoms. The molecule has 1 unspecified atom stereocenters. The predicted octanol–water partition coefficient (Wildman–Crippen LogP) is 4.99. The Bertz CT molecular complexity index is 1180. The summed E-state index contributed by atoms with van der Waals surface area (Å²) in [6.07, 6.45) is 1.76. The number of ether oxygens (including phenoxy) is 3. The number of benzene rings is 2. The zero-order valence-electron chi connectivity index (χ0n) is 19.3. The number of esters is 1. The molecule has 2 aliphatic rings. The third kappa shape index (κ3) is 4.53. The molecule has 0 bridgehead atoms. The van der Waals surface area contributed by atoms with Crippen LogP contribution < -0.4 is 9.47 Å². The Kier molecular flexibility index (Phi) is 6.93. The van der Waals surface area contributed by atoms with Crippen LogP contribution in [0.3, 0.4) is 0 Å². The smallest absolute Gasteiger partial charge is 0.315 e. The lowest BCUT2D eigenvalue weighted by Gasteiger charge is -2.34. The van der Waals surface area contributed by atoms with Gasteiger partial charge in [-0.15, -0.1) is 0 Å². The third-order valence-corrected chi connectivity index (χ3v) is 6.55. The van der Waals surface area contributed by atoms with Crippen LogP contribution in [-0.4, -0.2) is 36.8 Å². The average Bonchev–Trinajstić information content (AvgIpc) is 2.83. The first kappa shape index (κ1) is 23.8. The van der Waals surface area contributed by atoms with Gasteiger partial charge in [0, 0.05) is 29.3 Å². The summed E-state index contributed by atoms with van der Waals surface area (Å²) < 4.78 is 16.1. The first-order chi connectivity index (χ1) is 16.3. The molecule has 0 spiro atoms. The van der Waals surface area contributed by atoms with Crippen LogP contribution in [0.1, 0.15) is 43.2 Å². The van der Waals surface area contributed by atoms with E-state index in [0.29, 0.717) is 47.6 Å². The molecular weight excluding hydrogens is 458 g/mol. The summed E-state index contributed by atoms with van der Waals surface area (Å²) in [6, 6.07) is 10.4. The van der Waals surface area contributed by atoms with E-state index < -0.39 is 17.8 Å². The lowest BCUT2D eigenvalue weighted by molar-refractivity contribution is -0.148. The number of hydrogen-bond acceptors (Lipinski definition) is 7. The van der Waals surface area contributed by atoms with E-state index in [9.17, 15) is 14.7 Å². The topological polar surface area (TPSA) is 94.4 Å². The number of ketones is 1. The Hall–Kier alpha value is -3.32. The molecule has 1 aliphatic heterocycles. The molecule has 0 radical (unpaired) electrons. The maximum Gasteiger partial charge on any atom is 0.315 e. The van der Waals surface area contributed by atoms with Gasteiger partial charge in [-0.3, -0.25) is 14.6 Å². The molecule has 1 aliphatic carbocycles. The van der Waals surface area contributed by atoms with Crippen LogP contribution in [0.5, 0.6) is 17.2 Å². The Morgan fingerprint density at radius 3 is 2.56 bits per heavy atom. The monoisotopic (exact) mass is 483 g/mol. The summed E-state index contributed by atoms with van der Waals surface area (Å²) in [7, 11) is 3.00. The molecule has 2 aromatic rings. The van der Waals surface area contributed by atoms with Crippen LogP contribution >= 0.6 is 11.6 Å². The van der Waals surface area contributed by atoms with Gasteiger partial charge in [0.05, 0.1) is 19.2 Å². The Morgan fingerprint density at radius 2 is 1.88 bits per heavy atom. The molecule has 0 saturated heterocycles. The van der Waals surface area contributed by atoms with Crippen molar-refractivity contribution in [1.29, 1.82) is 0 Å². The van der Waals surface area contributed by atoms with Crippen molar-refractivity contribution in [3.8, 4) is 17.2 Å². The van der Waals surface area contributed by atoms with Crippen LogP contribution in [0, 0.1) is 5.92 Å². The number of methoxy groups -OCH3 is 2. The van der Waals surface area contributed by atoms with E-state index in [-0.39, 0.29) is 28.9 Å². The van der Waals surface area contributed by atoms with Crippen molar-refractivity contribution in [2.45, 2.75) is 38.7 Å². The highest BCUT2D eigenvalue weighted by Gasteiger charge is 2.43. The highest BCUT2D eigenvalue weighted by atomic mass is 35.5. The van der Waals surface area contributed by atoms with E-state index in [1.54, 1.807) is 38.3 Å². The summed E-state index contributed by atoms with van der Waals surface area (Å²) in [5.74, 6) is -1.32. The normalized spacial score (nSPS) is 19.9. The number of rotatable bonds is 6. The molecule has 34 heavy (non-hydrogen) atoms. The minimum atomic E-state index is -0.815. The molecule has 1 heterocycles. The molecule has 0 saturated carbocycles. The zero-order chi connectivity index (χ0) is 24.4. The molecule has 4 rings (SSSR count). The number of phenols is 1. The van der Waals surface area contributed by atoms with Gasteiger partial charge in [-0.2, -0.15) is 0 Å². The predicted molar refractivity (Wildman–Crippen MR) is 128 cm³/mol. The number of hydrogen-bond donors (Lipinski definition) is 1. The van der Waals surface area contributed by atoms with Crippen LogP contribution in [-0.2, 0) is 20.9 Å².